The van der Waals surface area contributed by atoms with Gasteiger partial charge in [-0.15, -0.1) is 0 Å². The number of hydrogen-bond donors (Lipinski definition) is 1. The van der Waals surface area contributed by atoms with Crippen LogP contribution in [0, 0.1) is 11.3 Å². The van der Waals surface area contributed by atoms with Gasteiger partial charge >= 0.3 is 0 Å². The molecule has 0 radical (unpaired) electrons. The summed E-state index contributed by atoms with van der Waals surface area (Å²) in [4.78, 5) is 0. The predicted molar refractivity (Wildman–Crippen MR) is 61.3 cm³/mol. The van der Waals surface area contributed by atoms with Crippen LogP contribution in [0.1, 0.15) is 11.1 Å². The SMILES string of the molecule is N#Cc1ccc(C[n+]2ccc(N)cc2)cc1.[Br-]. The van der Waals surface area contributed by atoms with E-state index < -0.39 is 0 Å². The number of aromatic nitrogens is 1. The molecule has 0 saturated carbocycles. The molecular formula is C13H12BrN3. The second kappa shape index (κ2) is 6.02. The minimum atomic E-state index is 0. The number of hydrogen-bond acceptors (Lipinski definition) is 2. The first kappa shape index (κ1) is 13.2. The Morgan fingerprint density at radius 3 is 2.18 bits per heavy atom. The lowest BCUT2D eigenvalue weighted by atomic mass is 10.1. The van der Waals surface area contributed by atoms with Crippen molar-refractivity contribution in [2.45, 2.75) is 6.54 Å². The minimum Gasteiger partial charge on any atom is -1.00 e. The van der Waals surface area contributed by atoms with Crippen molar-refractivity contribution in [3.63, 3.8) is 0 Å². The third kappa shape index (κ3) is 3.58. The van der Waals surface area contributed by atoms with Gasteiger partial charge in [-0.25, -0.2) is 4.57 Å². The van der Waals surface area contributed by atoms with Gasteiger partial charge in [0, 0.05) is 23.4 Å². The Hall–Kier alpha value is -1.86. The van der Waals surface area contributed by atoms with Crippen molar-refractivity contribution >= 4 is 5.69 Å². The topological polar surface area (TPSA) is 53.7 Å². The van der Waals surface area contributed by atoms with Crippen LogP contribution in [-0.2, 0) is 6.54 Å². The smallest absolute Gasteiger partial charge is 0.173 e. The normalized spacial score (nSPS) is 9.12. The summed E-state index contributed by atoms with van der Waals surface area (Å²) >= 11 is 0. The van der Waals surface area contributed by atoms with Crippen LogP contribution in [0.25, 0.3) is 0 Å². The molecule has 2 aromatic rings. The molecule has 0 spiro atoms. The van der Waals surface area contributed by atoms with E-state index in [1.54, 1.807) is 0 Å². The van der Waals surface area contributed by atoms with Crippen molar-refractivity contribution in [3.05, 3.63) is 59.9 Å². The molecule has 2 rings (SSSR count). The van der Waals surface area contributed by atoms with Crippen LogP contribution in [0.4, 0.5) is 5.69 Å². The van der Waals surface area contributed by atoms with E-state index in [1.165, 1.54) is 0 Å². The van der Waals surface area contributed by atoms with Crippen LogP contribution in [0.15, 0.2) is 48.8 Å². The second-order valence-corrected chi connectivity index (χ2v) is 3.61. The first-order valence-electron chi connectivity index (χ1n) is 5.01. The van der Waals surface area contributed by atoms with E-state index in [-0.39, 0.29) is 17.0 Å². The molecule has 86 valence electrons. The number of anilines is 1. The van der Waals surface area contributed by atoms with Gasteiger partial charge in [-0.1, -0.05) is 12.1 Å². The molecule has 1 aromatic heterocycles. The number of nitrogens with zero attached hydrogens (tertiary/aromatic N) is 2. The van der Waals surface area contributed by atoms with E-state index in [9.17, 15) is 0 Å². The molecule has 0 aliphatic rings. The van der Waals surface area contributed by atoms with Crippen LogP contribution in [0.2, 0.25) is 0 Å². The van der Waals surface area contributed by atoms with Gasteiger partial charge in [-0.2, -0.15) is 5.26 Å². The Morgan fingerprint density at radius 2 is 1.65 bits per heavy atom. The van der Waals surface area contributed by atoms with Crippen LogP contribution in [0.3, 0.4) is 0 Å². The van der Waals surface area contributed by atoms with E-state index in [1.807, 2.05) is 53.4 Å². The van der Waals surface area contributed by atoms with Gasteiger partial charge < -0.3 is 22.7 Å². The largest absolute Gasteiger partial charge is 1.00 e. The lowest BCUT2D eigenvalue weighted by molar-refractivity contribution is -0.688. The Bertz CT molecular complexity index is 512. The molecule has 0 aliphatic carbocycles. The van der Waals surface area contributed by atoms with Crippen molar-refractivity contribution in [2.75, 3.05) is 5.73 Å². The van der Waals surface area contributed by atoms with Crippen molar-refractivity contribution in [1.82, 2.24) is 0 Å². The van der Waals surface area contributed by atoms with Gasteiger partial charge in [-0.05, 0) is 12.1 Å². The first-order valence-corrected chi connectivity index (χ1v) is 5.01. The zero-order valence-corrected chi connectivity index (χ0v) is 10.8. The fraction of sp³-hybridized carbons (Fsp3) is 0.0769. The van der Waals surface area contributed by atoms with E-state index >= 15 is 0 Å². The summed E-state index contributed by atoms with van der Waals surface area (Å²) in [7, 11) is 0. The van der Waals surface area contributed by atoms with Crippen molar-refractivity contribution in [1.29, 1.82) is 5.26 Å². The fourth-order valence-electron chi connectivity index (χ4n) is 1.47. The van der Waals surface area contributed by atoms with Gasteiger partial charge in [0.25, 0.3) is 0 Å². The number of halogens is 1. The lowest BCUT2D eigenvalue weighted by Gasteiger charge is -1.98. The summed E-state index contributed by atoms with van der Waals surface area (Å²) in [6, 6.07) is 13.4. The maximum atomic E-state index is 8.68. The molecule has 0 atom stereocenters. The monoisotopic (exact) mass is 289 g/mol. The molecule has 17 heavy (non-hydrogen) atoms. The summed E-state index contributed by atoms with van der Waals surface area (Å²) in [6.45, 7) is 0.784. The summed E-state index contributed by atoms with van der Waals surface area (Å²) in [6.07, 6.45) is 3.88. The Balaban J connectivity index is 0.00000144. The Kier molecular flexibility index (Phi) is 4.68. The minimum absolute atomic E-state index is 0. The number of nitrogen functional groups attached to an aromatic ring is 1. The van der Waals surface area contributed by atoms with E-state index in [0.717, 1.165) is 17.8 Å². The highest BCUT2D eigenvalue weighted by Crippen LogP contribution is 2.03. The van der Waals surface area contributed by atoms with Gasteiger partial charge in [0.15, 0.2) is 18.9 Å². The molecule has 1 heterocycles. The molecule has 0 amide bonds. The first-order chi connectivity index (χ1) is 7.78. The predicted octanol–water partition coefficient (Wildman–Crippen LogP) is -1.52. The average molecular weight is 290 g/mol. The van der Waals surface area contributed by atoms with Crippen LogP contribution < -0.4 is 27.3 Å². The van der Waals surface area contributed by atoms with Crippen molar-refractivity contribution < 1.29 is 21.5 Å². The second-order valence-electron chi connectivity index (χ2n) is 3.61. The molecule has 2 N–H and O–H groups in total. The molecule has 3 nitrogen and oxygen atoms in total. The number of rotatable bonds is 2. The van der Waals surface area contributed by atoms with Crippen molar-refractivity contribution in [2.24, 2.45) is 0 Å². The highest BCUT2D eigenvalue weighted by Gasteiger charge is 2.01. The standard InChI is InChI=1S/C13H11N3.BrH/c14-9-11-1-3-12(4-2-11)10-16-7-5-13(15)6-8-16;/h1-8,15H,10H2;1H. The fourth-order valence-corrected chi connectivity index (χ4v) is 1.47. The number of benzene rings is 1. The van der Waals surface area contributed by atoms with Gasteiger partial charge in [0.2, 0.25) is 0 Å². The Morgan fingerprint density at radius 1 is 1.06 bits per heavy atom. The summed E-state index contributed by atoms with van der Waals surface area (Å²) in [5, 5.41) is 8.68. The summed E-state index contributed by atoms with van der Waals surface area (Å²) < 4.78 is 2.04. The zero-order chi connectivity index (χ0) is 11.4. The van der Waals surface area contributed by atoms with E-state index in [2.05, 4.69) is 6.07 Å². The number of nitriles is 1. The molecule has 0 unspecified atom stereocenters. The van der Waals surface area contributed by atoms with Crippen LogP contribution in [0.5, 0.6) is 0 Å². The number of nitrogens with two attached hydrogens (primary N) is 1. The maximum absolute atomic E-state index is 8.68. The average Bonchev–Trinajstić information content (AvgIpc) is 2.33. The summed E-state index contributed by atoms with van der Waals surface area (Å²) in [5.74, 6) is 0. The summed E-state index contributed by atoms with van der Waals surface area (Å²) in [5.41, 5.74) is 8.22. The van der Waals surface area contributed by atoms with Crippen LogP contribution in [-0.4, -0.2) is 0 Å². The van der Waals surface area contributed by atoms with E-state index in [0.29, 0.717) is 5.56 Å². The van der Waals surface area contributed by atoms with Gasteiger partial charge in [0.1, 0.15) is 0 Å². The maximum Gasteiger partial charge on any atom is 0.173 e. The highest BCUT2D eigenvalue weighted by atomic mass is 79.9. The lowest BCUT2D eigenvalue weighted by Crippen LogP contribution is -3.00. The van der Waals surface area contributed by atoms with Gasteiger partial charge in [-0.3, -0.25) is 0 Å². The van der Waals surface area contributed by atoms with Crippen molar-refractivity contribution in [3.8, 4) is 6.07 Å². The molecule has 0 fully saturated rings. The molecule has 0 saturated heterocycles. The molecule has 4 heteroatoms. The third-order valence-electron chi connectivity index (χ3n) is 2.37. The van der Waals surface area contributed by atoms with Gasteiger partial charge in [0.05, 0.1) is 11.6 Å². The molecule has 1 aromatic carbocycles. The molecule has 0 aliphatic heterocycles. The third-order valence-corrected chi connectivity index (χ3v) is 2.37. The number of pyridine rings is 1. The zero-order valence-electron chi connectivity index (χ0n) is 9.18. The Labute approximate surface area is 111 Å². The molecular weight excluding hydrogens is 278 g/mol. The quantitative estimate of drug-likeness (QED) is 0.683. The van der Waals surface area contributed by atoms with Crippen LogP contribution >= 0.6 is 0 Å². The highest BCUT2D eigenvalue weighted by molar-refractivity contribution is 5.33. The molecule has 0 bridgehead atoms. The van der Waals surface area contributed by atoms with E-state index in [4.69, 9.17) is 11.0 Å².